The van der Waals surface area contributed by atoms with Gasteiger partial charge in [0.05, 0.1) is 6.04 Å². The molecule has 5 rings (SSSR count). The first-order chi connectivity index (χ1) is 17.4. The Hall–Kier alpha value is -3.64. The monoisotopic (exact) mass is 482 g/mol. The van der Waals surface area contributed by atoms with Crippen molar-refractivity contribution in [1.82, 2.24) is 14.1 Å². The lowest BCUT2D eigenvalue weighted by atomic mass is 9.86. The number of ether oxygens (including phenoxy) is 1. The second-order valence-corrected chi connectivity index (χ2v) is 9.81. The van der Waals surface area contributed by atoms with E-state index in [1.54, 1.807) is 17.7 Å². The molecular formula is C30H34N4O2. The number of aryl methyl sites for hydroxylation is 3. The van der Waals surface area contributed by atoms with Gasteiger partial charge in [-0.05, 0) is 79.6 Å². The van der Waals surface area contributed by atoms with Crippen LogP contribution in [0.1, 0.15) is 35.8 Å². The summed E-state index contributed by atoms with van der Waals surface area (Å²) >= 11 is 0. The van der Waals surface area contributed by atoms with Crippen LogP contribution in [0, 0.1) is 19.8 Å². The van der Waals surface area contributed by atoms with Crippen LogP contribution in [0.25, 0.3) is 16.9 Å². The van der Waals surface area contributed by atoms with Gasteiger partial charge in [0, 0.05) is 51.0 Å². The number of aromatic nitrogens is 3. The van der Waals surface area contributed by atoms with E-state index in [9.17, 15) is 4.79 Å². The number of nitrogens with zero attached hydrogens (tertiary/aromatic N) is 4. The quantitative estimate of drug-likeness (QED) is 0.366. The van der Waals surface area contributed by atoms with Gasteiger partial charge < -0.3 is 18.8 Å². The zero-order valence-corrected chi connectivity index (χ0v) is 21.5. The molecule has 0 amide bonds. The fourth-order valence-electron chi connectivity index (χ4n) is 5.39. The summed E-state index contributed by atoms with van der Waals surface area (Å²) in [5.41, 5.74) is 5.55. The van der Waals surface area contributed by atoms with Gasteiger partial charge in [-0.1, -0.05) is 30.3 Å². The number of anilines is 1. The Labute approximate surface area is 212 Å². The molecule has 0 aliphatic carbocycles. The topological polar surface area (TPSA) is 52.3 Å². The summed E-state index contributed by atoms with van der Waals surface area (Å²) in [6, 6.07) is 22.9. The standard InChI is InChI=1S/C30H34N4O2/c1-21-10-11-22(2)34(21)28-19-26(25-12-13-29(35)32(3)20-25)18-27(31-28)33(4)30(23-8-6-5-7-9-23)24-14-16-36-17-15-24/h5-13,18-20,24,30H,14-17H2,1-4H3. The Morgan fingerprint density at radius 2 is 1.64 bits per heavy atom. The summed E-state index contributed by atoms with van der Waals surface area (Å²) in [5.74, 6) is 2.25. The van der Waals surface area contributed by atoms with Crippen molar-refractivity contribution in [3.8, 4) is 16.9 Å². The van der Waals surface area contributed by atoms with Gasteiger partial charge in [0.25, 0.3) is 0 Å². The molecule has 1 aromatic carbocycles. The zero-order chi connectivity index (χ0) is 25.2. The lowest BCUT2D eigenvalue weighted by Gasteiger charge is -2.38. The van der Waals surface area contributed by atoms with E-state index >= 15 is 0 Å². The number of benzene rings is 1. The van der Waals surface area contributed by atoms with Gasteiger partial charge in [0.2, 0.25) is 5.56 Å². The van der Waals surface area contributed by atoms with Gasteiger partial charge in [-0.2, -0.15) is 0 Å². The molecule has 0 saturated carbocycles. The molecule has 1 fully saturated rings. The Morgan fingerprint density at radius 3 is 2.31 bits per heavy atom. The van der Waals surface area contributed by atoms with E-state index in [0.29, 0.717) is 5.92 Å². The molecule has 1 saturated heterocycles. The molecule has 1 aliphatic heterocycles. The van der Waals surface area contributed by atoms with Crippen LogP contribution in [0.4, 0.5) is 5.82 Å². The molecule has 0 radical (unpaired) electrons. The minimum atomic E-state index is -0.0221. The highest BCUT2D eigenvalue weighted by atomic mass is 16.5. The highest BCUT2D eigenvalue weighted by Gasteiger charge is 2.30. The summed E-state index contributed by atoms with van der Waals surface area (Å²) in [5, 5.41) is 0. The van der Waals surface area contributed by atoms with Crippen LogP contribution in [0.5, 0.6) is 0 Å². The van der Waals surface area contributed by atoms with E-state index < -0.39 is 0 Å². The summed E-state index contributed by atoms with van der Waals surface area (Å²) in [6.07, 6.45) is 3.94. The SMILES string of the molecule is Cc1ccc(C)n1-c1cc(-c2ccc(=O)n(C)c2)cc(N(C)C(c2ccccc2)C2CCOCC2)n1. The Kier molecular flexibility index (Phi) is 6.79. The summed E-state index contributed by atoms with van der Waals surface area (Å²) in [7, 11) is 3.94. The summed E-state index contributed by atoms with van der Waals surface area (Å²) in [6.45, 7) is 5.79. The average molecular weight is 483 g/mol. The molecule has 36 heavy (non-hydrogen) atoms. The maximum atomic E-state index is 12.1. The molecular weight excluding hydrogens is 448 g/mol. The third kappa shape index (κ3) is 4.73. The summed E-state index contributed by atoms with van der Waals surface area (Å²) < 4.78 is 9.51. The maximum Gasteiger partial charge on any atom is 0.250 e. The molecule has 4 heterocycles. The van der Waals surface area contributed by atoms with Crippen molar-refractivity contribution in [1.29, 1.82) is 0 Å². The van der Waals surface area contributed by atoms with Gasteiger partial charge in [0.15, 0.2) is 0 Å². The van der Waals surface area contributed by atoms with Crippen LogP contribution < -0.4 is 10.5 Å². The second-order valence-electron chi connectivity index (χ2n) is 9.81. The number of hydrogen-bond acceptors (Lipinski definition) is 4. The smallest absolute Gasteiger partial charge is 0.250 e. The van der Waals surface area contributed by atoms with Crippen molar-refractivity contribution in [2.24, 2.45) is 13.0 Å². The van der Waals surface area contributed by atoms with Crippen LogP contribution in [0.15, 0.2) is 77.7 Å². The summed E-state index contributed by atoms with van der Waals surface area (Å²) in [4.78, 5) is 19.6. The zero-order valence-electron chi connectivity index (χ0n) is 21.5. The first-order valence-corrected chi connectivity index (χ1v) is 12.6. The first-order valence-electron chi connectivity index (χ1n) is 12.6. The van der Waals surface area contributed by atoms with E-state index in [1.807, 2.05) is 12.3 Å². The van der Waals surface area contributed by atoms with Crippen molar-refractivity contribution < 1.29 is 4.74 Å². The molecule has 1 atom stereocenters. The average Bonchev–Trinajstić information content (AvgIpc) is 3.24. The maximum absolute atomic E-state index is 12.1. The van der Waals surface area contributed by atoms with Crippen molar-refractivity contribution in [3.63, 3.8) is 0 Å². The Balaban J connectivity index is 1.66. The minimum Gasteiger partial charge on any atom is -0.381 e. The largest absolute Gasteiger partial charge is 0.381 e. The van der Waals surface area contributed by atoms with Crippen molar-refractivity contribution in [2.75, 3.05) is 25.2 Å². The van der Waals surface area contributed by atoms with Crippen LogP contribution in [-0.2, 0) is 11.8 Å². The molecule has 6 heteroatoms. The van der Waals surface area contributed by atoms with Crippen molar-refractivity contribution in [2.45, 2.75) is 32.7 Å². The van der Waals surface area contributed by atoms with Gasteiger partial charge in [-0.15, -0.1) is 0 Å². The van der Waals surface area contributed by atoms with E-state index in [1.165, 1.54) is 5.56 Å². The van der Waals surface area contributed by atoms with Gasteiger partial charge >= 0.3 is 0 Å². The molecule has 4 aromatic rings. The molecule has 3 aromatic heterocycles. The molecule has 1 aliphatic rings. The molecule has 0 bridgehead atoms. The fourth-order valence-corrected chi connectivity index (χ4v) is 5.39. The lowest BCUT2D eigenvalue weighted by molar-refractivity contribution is 0.0577. The number of rotatable bonds is 6. The Bertz CT molecular complexity index is 1380. The second kappa shape index (κ2) is 10.2. The van der Waals surface area contributed by atoms with Crippen LogP contribution in [0.3, 0.4) is 0 Å². The molecule has 0 N–H and O–H groups in total. The normalized spacial score (nSPS) is 15.1. The molecule has 6 nitrogen and oxygen atoms in total. The van der Waals surface area contributed by atoms with E-state index in [2.05, 4.69) is 85.0 Å². The predicted molar refractivity (Wildman–Crippen MR) is 145 cm³/mol. The van der Waals surface area contributed by atoms with E-state index in [0.717, 1.165) is 60.2 Å². The van der Waals surface area contributed by atoms with Crippen molar-refractivity contribution >= 4 is 5.82 Å². The van der Waals surface area contributed by atoms with Crippen LogP contribution in [-0.4, -0.2) is 34.4 Å². The Morgan fingerprint density at radius 1 is 0.944 bits per heavy atom. The van der Waals surface area contributed by atoms with E-state index in [-0.39, 0.29) is 11.6 Å². The van der Waals surface area contributed by atoms with Crippen molar-refractivity contribution in [3.05, 3.63) is 100 Å². The van der Waals surface area contributed by atoms with Crippen LogP contribution in [0.2, 0.25) is 0 Å². The third-order valence-electron chi connectivity index (χ3n) is 7.35. The number of hydrogen-bond donors (Lipinski definition) is 0. The third-order valence-corrected chi connectivity index (χ3v) is 7.35. The highest BCUT2D eigenvalue weighted by molar-refractivity contribution is 5.69. The lowest BCUT2D eigenvalue weighted by Crippen LogP contribution is -2.34. The van der Waals surface area contributed by atoms with Gasteiger partial charge in [-0.3, -0.25) is 4.79 Å². The van der Waals surface area contributed by atoms with Crippen LogP contribution >= 0.6 is 0 Å². The van der Waals surface area contributed by atoms with Gasteiger partial charge in [-0.25, -0.2) is 4.98 Å². The van der Waals surface area contributed by atoms with Gasteiger partial charge in [0.1, 0.15) is 11.6 Å². The molecule has 0 spiro atoms. The highest BCUT2D eigenvalue weighted by Crippen LogP contribution is 2.38. The molecule has 186 valence electrons. The predicted octanol–water partition coefficient (Wildman–Crippen LogP) is 5.46. The number of pyridine rings is 2. The fraction of sp³-hybridized carbons (Fsp3) is 0.333. The minimum absolute atomic E-state index is 0.0221. The van der Waals surface area contributed by atoms with E-state index in [4.69, 9.17) is 9.72 Å². The molecule has 1 unspecified atom stereocenters. The first kappa shape index (κ1) is 24.1.